The first-order valence-corrected chi connectivity index (χ1v) is 5.70. The van der Waals surface area contributed by atoms with Crippen LogP contribution in [0.5, 0.6) is 0 Å². The summed E-state index contributed by atoms with van der Waals surface area (Å²) in [5.74, 6) is 0. The van der Waals surface area contributed by atoms with Gasteiger partial charge in [0.15, 0.2) is 0 Å². The highest BCUT2D eigenvalue weighted by Crippen LogP contribution is 2.17. The third kappa shape index (κ3) is 3.95. The molecule has 0 aliphatic carbocycles. The van der Waals surface area contributed by atoms with Crippen molar-refractivity contribution in [3.8, 4) is 0 Å². The fourth-order valence-electron chi connectivity index (χ4n) is 2.06. The average Bonchev–Trinajstić information content (AvgIpc) is 2.18. The van der Waals surface area contributed by atoms with Crippen LogP contribution in [0.15, 0.2) is 0 Å². The van der Waals surface area contributed by atoms with Gasteiger partial charge in [0, 0.05) is 12.6 Å². The molecule has 1 fully saturated rings. The van der Waals surface area contributed by atoms with E-state index in [1.807, 2.05) is 7.05 Å². The molecule has 2 atom stereocenters. The number of nitrogens with zero attached hydrogens (tertiary/aromatic N) is 1. The average molecular weight is 200 g/mol. The van der Waals surface area contributed by atoms with Gasteiger partial charge in [0.05, 0.1) is 6.10 Å². The van der Waals surface area contributed by atoms with E-state index in [1.54, 1.807) is 0 Å². The summed E-state index contributed by atoms with van der Waals surface area (Å²) < 4.78 is 5.54. The molecule has 1 N–H and O–H groups in total. The summed E-state index contributed by atoms with van der Waals surface area (Å²) in [6.07, 6.45) is 4.07. The van der Waals surface area contributed by atoms with E-state index < -0.39 is 0 Å². The third-order valence-corrected chi connectivity index (χ3v) is 3.02. The van der Waals surface area contributed by atoms with E-state index in [-0.39, 0.29) is 0 Å². The molecule has 0 bridgehead atoms. The minimum Gasteiger partial charge on any atom is -0.378 e. The lowest BCUT2D eigenvalue weighted by molar-refractivity contribution is -0.0117. The molecule has 84 valence electrons. The van der Waals surface area contributed by atoms with Gasteiger partial charge in [-0.05, 0) is 53.4 Å². The van der Waals surface area contributed by atoms with E-state index >= 15 is 0 Å². The summed E-state index contributed by atoms with van der Waals surface area (Å²) in [5.41, 5.74) is 0. The zero-order chi connectivity index (χ0) is 10.4. The molecule has 1 heterocycles. The fraction of sp³-hybridized carbons (Fsp3) is 1.00. The lowest BCUT2D eigenvalue weighted by Crippen LogP contribution is -2.40. The van der Waals surface area contributed by atoms with Gasteiger partial charge in [-0.1, -0.05) is 0 Å². The van der Waals surface area contributed by atoms with Gasteiger partial charge in [0.2, 0.25) is 0 Å². The van der Waals surface area contributed by atoms with Crippen molar-refractivity contribution in [3.63, 3.8) is 0 Å². The summed E-state index contributed by atoms with van der Waals surface area (Å²) in [6, 6.07) is 0.732. The molecule has 1 aliphatic heterocycles. The Bertz CT molecular complexity index is 152. The van der Waals surface area contributed by atoms with E-state index in [1.165, 1.54) is 25.8 Å². The summed E-state index contributed by atoms with van der Waals surface area (Å²) in [4.78, 5) is 2.48. The molecule has 0 saturated carbocycles. The molecule has 1 aliphatic rings. The highest BCUT2D eigenvalue weighted by molar-refractivity contribution is 4.75. The standard InChI is InChI=1S/C11H24N2O/c1-10-9-11(5-8-14-10)13(3)7-4-6-12-2/h10-12H,4-9H2,1-3H3. The zero-order valence-electron chi connectivity index (χ0n) is 9.75. The van der Waals surface area contributed by atoms with Gasteiger partial charge in [-0.25, -0.2) is 0 Å². The van der Waals surface area contributed by atoms with Crippen molar-refractivity contribution in [1.82, 2.24) is 10.2 Å². The first-order chi connectivity index (χ1) is 6.74. The molecule has 14 heavy (non-hydrogen) atoms. The van der Waals surface area contributed by atoms with E-state index in [0.717, 1.165) is 19.2 Å². The smallest absolute Gasteiger partial charge is 0.0561 e. The van der Waals surface area contributed by atoms with Crippen LogP contribution in [-0.4, -0.2) is 50.8 Å². The Morgan fingerprint density at radius 1 is 1.50 bits per heavy atom. The van der Waals surface area contributed by atoms with Gasteiger partial charge in [0.1, 0.15) is 0 Å². The van der Waals surface area contributed by atoms with Crippen molar-refractivity contribution >= 4 is 0 Å². The maximum atomic E-state index is 5.54. The number of hydrogen-bond donors (Lipinski definition) is 1. The fourth-order valence-corrected chi connectivity index (χ4v) is 2.06. The van der Waals surface area contributed by atoms with Crippen LogP contribution in [0.4, 0.5) is 0 Å². The van der Waals surface area contributed by atoms with Crippen LogP contribution in [-0.2, 0) is 4.74 Å². The molecule has 0 aromatic heterocycles. The normalized spacial score (nSPS) is 28.3. The zero-order valence-corrected chi connectivity index (χ0v) is 9.75. The Kier molecular flexibility index (Phi) is 5.45. The second kappa shape index (κ2) is 6.38. The van der Waals surface area contributed by atoms with Gasteiger partial charge in [-0.3, -0.25) is 0 Å². The van der Waals surface area contributed by atoms with Crippen LogP contribution in [0.25, 0.3) is 0 Å². The third-order valence-electron chi connectivity index (χ3n) is 3.02. The predicted octanol–water partition coefficient (Wildman–Crippen LogP) is 1.10. The SMILES string of the molecule is CNCCCN(C)C1CCOC(C)C1. The molecule has 0 radical (unpaired) electrons. The minimum absolute atomic E-state index is 0.445. The maximum Gasteiger partial charge on any atom is 0.0561 e. The van der Waals surface area contributed by atoms with Crippen LogP contribution in [0.2, 0.25) is 0 Å². The maximum absolute atomic E-state index is 5.54. The van der Waals surface area contributed by atoms with E-state index in [9.17, 15) is 0 Å². The van der Waals surface area contributed by atoms with Crippen LogP contribution < -0.4 is 5.32 Å². The molecule has 3 nitrogen and oxygen atoms in total. The molecule has 0 aromatic rings. The highest BCUT2D eigenvalue weighted by atomic mass is 16.5. The second-order valence-electron chi connectivity index (χ2n) is 4.30. The molecule has 3 heteroatoms. The summed E-state index contributed by atoms with van der Waals surface area (Å²) in [7, 11) is 4.24. The Morgan fingerprint density at radius 3 is 2.93 bits per heavy atom. The van der Waals surface area contributed by atoms with Crippen molar-refractivity contribution in [2.45, 2.75) is 38.3 Å². The molecular formula is C11H24N2O. The molecule has 0 spiro atoms. The largest absolute Gasteiger partial charge is 0.378 e. The van der Waals surface area contributed by atoms with Gasteiger partial charge < -0.3 is 15.0 Å². The quantitative estimate of drug-likeness (QED) is 0.673. The van der Waals surface area contributed by atoms with Crippen molar-refractivity contribution in [2.24, 2.45) is 0 Å². The predicted molar refractivity (Wildman–Crippen MR) is 59.6 cm³/mol. The van der Waals surface area contributed by atoms with Gasteiger partial charge in [-0.15, -0.1) is 0 Å². The van der Waals surface area contributed by atoms with E-state index in [2.05, 4.69) is 24.2 Å². The van der Waals surface area contributed by atoms with Crippen molar-refractivity contribution < 1.29 is 4.74 Å². The van der Waals surface area contributed by atoms with Crippen LogP contribution in [0.1, 0.15) is 26.2 Å². The minimum atomic E-state index is 0.445. The van der Waals surface area contributed by atoms with Crippen LogP contribution in [0, 0.1) is 0 Å². The topological polar surface area (TPSA) is 24.5 Å². The summed E-state index contributed by atoms with van der Waals surface area (Å²) >= 11 is 0. The summed E-state index contributed by atoms with van der Waals surface area (Å²) in [5, 5.41) is 3.18. The molecule has 0 amide bonds. The molecular weight excluding hydrogens is 176 g/mol. The number of nitrogens with one attached hydrogen (secondary N) is 1. The lowest BCUT2D eigenvalue weighted by atomic mass is 10.0. The van der Waals surface area contributed by atoms with Crippen LogP contribution in [0.3, 0.4) is 0 Å². The van der Waals surface area contributed by atoms with E-state index in [0.29, 0.717) is 6.10 Å². The van der Waals surface area contributed by atoms with Crippen molar-refractivity contribution in [3.05, 3.63) is 0 Å². The Morgan fingerprint density at radius 2 is 2.29 bits per heavy atom. The Labute approximate surface area is 87.8 Å². The highest BCUT2D eigenvalue weighted by Gasteiger charge is 2.22. The van der Waals surface area contributed by atoms with Crippen molar-refractivity contribution in [2.75, 3.05) is 33.8 Å². The number of ether oxygens (including phenoxy) is 1. The monoisotopic (exact) mass is 200 g/mol. The molecule has 1 rings (SSSR count). The molecule has 1 saturated heterocycles. The first kappa shape index (κ1) is 12.0. The number of hydrogen-bond acceptors (Lipinski definition) is 3. The number of rotatable bonds is 5. The molecule has 2 unspecified atom stereocenters. The second-order valence-corrected chi connectivity index (χ2v) is 4.30. The van der Waals surface area contributed by atoms with Gasteiger partial charge in [-0.2, -0.15) is 0 Å². The van der Waals surface area contributed by atoms with Gasteiger partial charge in [0.25, 0.3) is 0 Å². The van der Waals surface area contributed by atoms with Gasteiger partial charge >= 0.3 is 0 Å². The molecule has 0 aromatic carbocycles. The Balaban J connectivity index is 2.18. The summed E-state index contributed by atoms with van der Waals surface area (Å²) in [6.45, 7) is 5.41. The van der Waals surface area contributed by atoms with Crippen LogP contribution >= 0.6 is 0 Å². The Hall–Kier alpha value is -0.120. The van der Waals surface area contributed by atoms with E-state index in [4.69, 9.17) is 4.74 Å². The van der Waals surface area contributed by atoms with Crippen molar-refractivity contribution in [1.29, 1.82) is 0 Å². The first-order valence-electron chi connectivity index (χ1n) is 5.70. The lowest BCUT2D eigenvalue weighted by Gasteiger charge is -2.34.